The summed E-state index contributed by atoms with van der Waals surface area (Å²) in [5.41, 5.74) is 8.33. The molecule has 0 bridgehead atoms. The Hall–Kier alpha value is -1.75. The number of carbonyl (C=O) groups excluding carboxylic acids is 1. The molecule has 2 aromatic carbocycles. The van der Waals surface area contributed by atoms with Crippen molar-refractivity contribution < 1.29 is 14.6 Å². The zero-order valence-corrected chi connectivity index (χ0v) is 14.1. The third-order valence-electron chi connectivity index (χ3n) is 3.55. The minimum Gasteiger partial charge on any atom is -0.508 e. The molecule has 0 saturated carbocycles. The molecule has 1 atom stereocenters. The maximum absolute atomic E-state index is 11.5. The number of aromatic hydroxyl groups is 1. The fourth-order valence-electron chi connectivity index (χ4n) is 2.34. The molecule has 0 aromatic heterocycles. The molecule has 122 valence electrons. The number of hydrogen-bond acceptors (Lipinski definition) is 4. The van der Waals surface area contributed by atoms with Gasteiger partial charge in [0.15, 0.2) is 0 Å². The molecule has 6 heteroatoms. The zero-order valence-electron chi connectivity index (χ0n) is 12.6. The molecule has 0 fully saturated rings. The first-order chi connectivity index (χ1) is 10.9. The molecule has 2 aromatic rings. The summed E-state index contributed by atoms with van der Waals surface area (Å²) in [6, 6.07) is 9.56. The first kappa shape index (κ1) is 17.6. The summed E-state index contributed by atoms with van der Waals surface area (Å²) in [4.78, 5) is 11.5. The molecule has 0 saturated heterocycles. The second-order valence-electron chi connectivity index (χ2n) is 5.18. The van der Waals surface area contributed by atoms with E-state index in [0.717, 1.165) is 16.7 Å². The molecule has 0 spiro atoms. The number of phenolic OH excluding ortho intramolecular Hbond substituents is 1. The normalized spacial score (nSPS) is 12.0. The van der Waals surface area contributed by atoms with Gasteiger partial charge < -0.3 is 15.6 Å². The fourth-order valence-corrected chi connectivity index (χ4v) is 2.72. The highest BCUT2D eigenvalue weighted by molar-refractivity contribution is 6.42. The molecule has 3 N–H and O–H groups in total. The third-order valence-corrected chi connectivity index (χ3v) is 4.40. The van der Waals surface area contributed by atoms with Crippen LogP contribution in [-0.4, -0.2) is 24.2 Å². The molecule has 23 heavy (non-hydrogen) atoms. The van der Waals surface area contributed by atoms with Crippen LogP contribution >= 0.6 is 23.2 Å². The van der Waals surface area contributed by atoms with Crippen LogP contribution in [0.25, 0.3) is 0 Å². The number of ether oxygens (including phenoxy) is 1. The number of benzene rings is 2. The lowest BCUT2D eigenvalue weighted by atomic mass is 9.95. The first-order valence-corrected chi connectivity index (χ1v) is 7.75. The maximum atomic E-state index is 11.5. The monoisotopic (exact) mass is 353 g/mol. The van der Waals surface area contributed by atoms with Crippen molar-refractivity contribution in [3.8, 4) is 5.75 Å². The molecule has 4 nitrogen and oxygen atoms in total. The van der Waals surface area contributed by atoms with Crippen LogP contribution in [0, 0.1) is 0 Å². The average molecular weight is 354 g/mol. The van der Waals surface area contributed by atoms with Crippen LogP contribution in [0.3, 0.4) is 0 Å². The molecular weight excluding hydrogens is 337 g/mol. The lowest BCUT2D eigenvalue weighted by Crippen LogP contribution is -2.33. The van der Waals surface area contributed by atoms with E-state index in [2.05, 4.69) is 4.74 Å². The van der Waals surface area contributed by atoms with Crippen molar-refractivity contribution in [1.82, 2.24) is 0 Å². The molecule has 0 aliphatic rings. The number of halogens is 2. The Morgan fingerprint density at radius 2 is 1.96 bits per heavy atom. The molecule has 0 aliphatic heterocycles. The SMILES string of the molecule is COC(=O)[C@@H](N)Cc1ccc(O)cc1Cc1cccc(Cl)c1Cl. The first-order valence-electron chi connectivity index (χ1n) is 6.99. The van der Waals surface area contributed by atoms with E-state index in [9.17, 15) is 9.90 Å². The minimum absolute atomic E-state index is 0.133. The van der Waals surface area contributed by atoms with Crippen molar-refractivity contribution in [2.45, 2.75) is 18.9 Å². The van der Waals surface area contributed by atoms with Gasteiger partial charge >= 0.3 is 5.97 Å². The van der Waals surface area contributed by atoms with Gasteiger partial charge in [0.05, 0.1) is 17.2 Å². The molecule has 0 amide bonds. The van der Waals surface area contributed by atoms with E-state index in [0.29, 0.717) is 22.9 Å². The van der Waals surface area contributed by atoms with E-state index in [1.54, 1.807) is 24.3 Å². The van der Waals surface area contributed by atoms with E-state index in [-0.39, 0.29) is 5.75 Å². The van der Waals surface area contributed by atoms with Gasteiger partial charge in [0.25, 0.3) is 0 Å². The van der Waals surface area contributed by atoms with Gasteiger partial charge in [-0.15, -0.1) is 0 Å². The van der Waals surface area contributed by atoms with E-state index in [1.165, 1.54) is 7.11 Å². The molecule has 0 heterocycles. The fraction of sp³-hybridized carbons (Fsp3) is 0.235. The Morgan fingerprint density at radius 3 is 2.65 bits per heavy atom. The number of esters is 1. The zero-order chi connectivity index (χ0) is 17.0. The molecular formula is C17H17Cl2NO3. The Balaban J connectivity index is 2.32. The predicted octanol–water partition coefficient (Wildman–Crippen LogP) is 3.33. The van der Waals surface area contributed by atoms with Crippen molar-refractivity contribution in [3.63, 3.8) is 0 Å². The van der Waals surface area contributed by atoms with Gasteiger partial charge in [-0.05, 0) is 47.7 Å². The standard InChI is InChI=1S/C17H17Cl2NO3/c1-23-17(22)15(20)9-10-5-6-13(21)8-12(10)7-11-3-2-4-14(18)16(11)19/h2-6,8,15,21H,7,9,20H2,1H3/t15-/m0/s1. The smallest absolute Gasteiger partial charge is 0.322 e. The number of methoxy groups -OCH3 is 1. The number of carbonyl (C=O) groups is 1. The highest BCUT2D eigenvalue weighted by Gasteiger charge is 2.17. The van der Waals surface area contributed by atoms with Gasteiger partial charge in [-0.3, -0.25) is 4.79 Å². The summed E-state index contributed by atoms with van der Waals surface area (Å²) in [7, 11) is 1.30. The second kappa shape index (κ2) is 7.68. The second-order valence-corrected chi connectivity index (χ2v) is 5.96. The molecule has 2 rings (SSSR count). The van der Waals surface area contributed by atoms with Crippen LogP contribution in [0.5, 0.6) is 5.75 Å². The Kier molecular flexibility index (Phi) is 5.88. The summed E-state index contributed by atoms with van der Waals surface area (Å²) >= 11 is 12.3. The van der Waals surface area contributed by atoms with Crippen molar-refractivity contribution in [2.75, 3.05) is 7.11 Å². The minimum atomic E-state index is -0.766. The van der Waals surface area contributed by atoms with Crippen LogP contribution < -0.4 is 5.73 Å². The van der Waals surface area contributed by atoms with Crippen LogP contribution in [0.2, 0.25) is 10.0 Å². The maximum Gasteiger partial charge on any atom is 0.322 e. The van der Waals surface area contributed by atoms with Crippen molar-refractivity contribution in [3.05, 3.63) is 63.1 Å². The largest absolute Gasteiger partial charge is 0.508 e. The quantitative estimate of drug-likeness (QED) is 0.808. The summed E-state index contributed by atoms with van der Waals surface area (Å²) in [6.45, 7) is 0. The van der Waals surface area contributed by atoms with Gasteiger partial charge in [-0.2, -0.15) is 0 Å². The average Bonchev–Trinajstić information content (AvgIpc) is 2.53. The summed E-state index contributed by atoms with van der Waals surface area (Å²) in [5.74, 6) is -0.349. The van der Waals surface area contributed by atoms with Crippen LogP contribution in [0.4, 0.5) is 0 Å². The number of phenols is 1. The van der Waals surface area contributed by atoms with Crippen molar-refractivity contribution in [1.29, 1.82) is 0 Å². The lowest BCUT2D eigenvalue weighted by molar-refractivity contribution is -0.142. The van der Waals surface area contributed by atoms with Gasteiger partial charge in [-0.25, -0.2) is 0 Å². The highest BCUT2D eigenvalue weighted by Crippen LogP contribution is 2.29. The number of rotatable bonds is 5. The van der Waals surface area contributed by atoms with Gasteiger partial charge in [0, 0.05) is 0 Å². The van der Waals surface area contributed by atoms with Gasteiger partial charge in [-0.1, -0.05) is 41.4 Å². The van der Waals surface area contributed by atoms with E-state index >= 15 is 0 Å². The van der Waals surface area contributed by atoms with Crippen LogP contribution in [0.15, 0.2) is 36.4 Å². The molecule has 0 radical (unpaired) electrons. The Labute approximate surface area is 144 Å². The lowest BCUT2D eigenvalue weighted by Gasteiger charge is -2.15. The molecule has 0 aliphatic carbocycles. The summed E-state index contributed by atoms with van der Waals surface area (Å²) in [5, 5.41) is 10.7. The van der Waals surface area contributed by atoms with E-state index in [4.69, 9.17) is 28.9 Å². The van der Waals surface area contributed by atoms with Crippen LogP contribution in [0.1, 0.15) is 16.7 Å². The topological polar surface area (TPSA) is 72.5 Å². The Morgan fingerprint density at radius 1 is 1.22 bits per heavy atom. The summed E-state index contributed by atoms with van der Waals surface area (Å²) in [6.07, 6.45) is 0.775. The molecule has 0 unspecified atom stereocenters. The van der Waals surface area contributed by atoms with E-state index in [1.807, 2.05) is 12.1 Å². The number of nitrogens with two attached hydrogens (primary N) is 1. The van der Waals surface area contributed by atoms with Crippen molar-refractivity contribution in [2.24, 2.45) is 5.73 Å². The summed E-state index contributed by atoms with van der Waals surface area (Å²) < 4.78 is 4.65. The highest BCUT2D eigenvalue weighted by atomic mass is 35.5. The number of hydrogen-bond donors (Lipinski definition) is 2. The van der Waals surface area contributed by atoms with E-state index < -0.39 is 12.0 Å². The van der Waals surface area contributed by atoms with Gasteiger partial charge in [0.1, 0.15) is 11.8 Å². The third kappa shape index (κ3) is 4.38. The van der Waals surface area contributed by atoms with Crippen molar-refractivity contribution >= 4 is 29.2 Å². The predicted molar refractivity (Wildman–Crippen MR) is 91.1 cm³/mol. The van der Waals surface area contributed by atoms with Crippen LogP contribution in [-0.2, 0) is 22.4 Å². The Bertz CT molecular complexity index is 719. The van der Waals surface area contributed by atoms with Gasteiger partial charge in [0.2, 0.25) is 0 Å².